The molecule has 0 radical (unpaired) electrons. The van der Waals surface area contributed by atoms with Crippen molar-refractivity contribution in [2.75, 3.05) is 20.8 Å². The van der Waals surface area contributed by atoms with E-state index in [1.807, 2.05) is 19.1 Å². The minimum absolute atomic E-state index is 0.395. The van der Waals surface area contributed by atoms with E-state index in [9.17, 15) is 0 Å². The molecule has 1 aromatic carbocycles. The minimum Gasteiger partial charge on any atom is -0.496 e. The fraction of sp³-hybridized carbons (Fsp3) is 0.455. The summed E-state index contributed by atoms with van der Waals surface area (Å²) in [4.78, 5) is 2.72. The number of benzene rings is 1. The van der Waals surface area contributed by atoms with E-state index >= 15 is 0 Å². The third-order valence-electron chi connectivity index (χ3n) is 2.28. The van der Waals surface area contributed by atoms with Crippen molar-refractivity contribution in [3.8, 4) is 11.5 Å². The molecular weight excluding hydrogens is 206 g/mol. The lowest BCUT2D eigenvalue weighted by molar-refractivity contribution is 0.385. The van der Waals surface area contributed by atoms with E-state index in [0.717, 1.165) is 22.6 Å². The zero-order valence-electron chi connectivity index (χ0n) is 9.73. The Bertz CT molecular complexity index is 387. The van der Waals surface area contributed by atoms with Crippen LogP contribution in [0, 0.1) is 6.92 Å². The van der Waals surface area contributed by atoms with Gasteiger partial charge >= 0.3 is 0 Å². The van der Waals surface area contributed by atoms with Gasteiger partial charge in [-0.25, -0.2) is 0 Å². The Morgan fingerprint density at radius 2 is 1.81 bits per heavy atom. The molecule has 0 aliphatic heterocycles. The van der Waals surface area contributed by atoms with E-state index in [0.29, 0.717) is 13.0 Å². The van der Waals surface area contributed by atoms with Gasteiger partial charge in [-0.2, -0.15) is 0 Å². The summed E-state index contributed by atoms with van der Waals surface area (Å²) < 4.78 is 10.6. The Hall–Kier alpha value is -1.87. The lowest BCUT2D eigenvalue weighted by atomic mass is 10.1. The van der Waals surface area contributed by atoms with E-state index in [4.69, 9.17) is 15.0 Å². The largest absolute Gasteiger partial charge is 0.496 e. The van der Waals surface area contributed by atoms with E-state index < -0.39 is 0 Å². The first-order valence-corrected chi connectivity index (χ1v) is 4.95. The van der Waals surface area contributed by atoms with Gasteiger partial charge in [0.15, 0.2) is 0 Å². The quantitative estimate of drug-likeness (QED) is 0.436. The van der Waals surface area contributed by atoms with Crippen LogP contribution < -0.4 is 9.47 Å². The predicted molar refractivity (Wildman–Crippen MR) is 62.0 cm³/mol. The van der Waals surface area contributed by atoms with Crippen LogP contribution >= 0.6 is 0 Å². The van der Waals surface area contributed by atoms with Crippen molar-refractivity contribution in [3.05, 3.63) is 33.7 Å². The molecule has 1 rings (SSSR count). The number of hydrogen-bond donors (Lipinski definition) is 0. The van der Waals surface area contributed by atoms with Crippen molar-refractivity contribution in [1.29, 1.82) is 0 Å². The summed E-state index contributed by atoms with van der Waals surface area (Å²) in [5, 5.41) is 3.51. The van der Waals surface area contributed by atoms with Crippen LogP contribution in [0.2, 0.25) is 0 Å². The number of azide groups is 1. The van der Waals surface area contributed by atoms with Crippen molar-refractivity contribution < 1.29 is 9.47 Å². The standard InChI is InChI=1S/C11H15N3O2/c1-8-6-10(15-2)9(4-5-13-14-12)11(7-8)16-3/h6-7H,4-5H2,1-3H3. The first-order chi connectivity index (χ1) is 7.72. The summed E-state index contributed by atoms with van der Waals surface area (Å²) in [5.41, 5.74) is 10.2. The fourth-order valence-electron chi connectivity index (χ4n) is 1.57. The highest BCUT2D eigenvalue weighted by Crippen LogP contribution is 2.30. The molecule has 0 atom stereocenters. The molecule has 0 saturated heterocycles. The average molecular weight is 221 g/mol. The first kappa shape index (κ1) is 12.2. The summed E-state index contributed by atoms with van der Waals surface area (Å²) >= 11 is 0. The molecule has 0 bridgehead atoms. The zero-order valence-corrected chi connectivity index (χ0v) is 9.73. The SMILES string of the molecule is COc1cc(C)cc(OC)c1CCN=[N+]=[N-]. The third-order valence-corrected chi connectivity index (χ3v) is 2.28. The Balaban J connectivity index is 3.06. The van der Waals surface area contributed by atoms with Gasteiger partial charge < -0.3 is 9.47 Å². The van der Waals surface area contributed by atoms with Crippen molar-refractivity contribution in [2.24, 2.45) is 5.11 Å². The maximum Gasteiger partial charge on any atom is 0.126 e. The lowest BCUT2D eigenvalue weighted by Gasteiger charge is -2.13. The van der Waals surface area contributed by atoms with Crippen LogP contribution in [0.3, 0.4) is 0 Å². The summed E-state index contributed by atoms with van der Waals surface area (Å²) in [6.45, 7) is 2.37. The Kier molecular flexibility index (Phi) is 4.48. The van der Waals surface area contributed by atoms with Gasteiger partial charge in [0.2, 0.25) is 0 Å². The highest BCUT2D eigenvalue weighted by molar-refractivity contribution is 5.48. The van der Waals surface area contributed by atoms with Gasteiger partial charge in [-0.05, 0) is 36.6 Å². The molecule has 0 aromatic heterocycles. The second kappa shape index (κ2) is 5.88. The second-order valence-corrected chi connectivity index (χ2v) is 3.35. The highest BCUT2D eigenvalue weighted by Gasteiger charge is 2.10. The van der Waals surface area contributed by atoms with Crippen LogP contribution in [-0.2, 0) is 6.42 Å². The molecule has 5 nitrogen and oxygen atoms in total. The summed E-state index contributed by atoms with van der Waals surface area (Å²) in [7, 11) is 3.23. The van der Waals surface area contributed by atoms with Crippen LogP contribution in [0.15, 0.2) is 17.2 Å². The molecular formula is C11H15N3O2. The number of rotatable bonds is 5. The van der Waals surface area contributed by atoms with E-state index in [2.05, 4.69) is 10.0 Å². The van der Waals surface area contributed by atoms with Crippen LogP contribution in [-0.4, -0.2) is 20.8 Å². The molecule has 16 heavy (non-hydrogen) atoms. The highest BCUT2D eigenvalue weighted by atomic mass is 16.5. The topological polar surface area (TPSA) is 67.2 Å². The lowest BCUT2D eigenvalue weighted by Crippen LogP contribution is -1.99. The van der Waals surface area contributed by atoms with Crippen molar-refractivity contribution in [2.45, 2.75) is 13.3 Å². The van der Waals surface area contributed by atoms with Gasteiger partial charge in [-0.1, -0.05) is 5.11 Å². The summed E-state index contributed by atoms with van der Waals surface area (Å²) in [6, 6.07) is 3.88. The number of hydrogen-bond acceptors (Lipinski definition) is 3. The molecule has 1 aromatic rings. The van der Waals surface area contributed by atoms with Gasteiger partial charge in [-0.15, -0.1) is 0 Å². The normalized spacial score (nSPS) is 9.44. The monoisotopic (exact) mass is 221 g/mol. The smallest absolute Gasteiger partial charge is 0.126 e. The van der Waals surface area contributed by atoms with Gasteiger partial charge in [0.25, 0.3) is 0 Å². The summed E-state index contributed by atoms with van der Waals surface area (Å²) in [6.07, 6.45) is 0.608. The Morgan fingerprint density at radius 3 is 2.25 bits per heavy atom. The Labute approximate surface area is 94.6 Å². The van der Waals surface area contributed by atoms with E-state index in [-0.39, 0.29) is 0 Å². The van der Waals surface area contributed by atoms with E-state index in [1.54, 1.807) is 14.2 Å². The Morgan fingerprint density at radius 1 is 1.25 bits per heavy atom. The maximum atomic E-state index is 8.24. The first-order valence-electron chi connectivity index (χ1n) is 4.95. The molecule has 0 N–H and O–H groups in total. The van der Waals surface area contributed by atoms with E-state index in [1.165, 1.54) is 0 Å². The van der Waals surface area contributed by atoms with Crippen molar-refractivity contribution in [3.63, 3.8) is 0 Å². The van der Waals surface area contributed by atoms with Crippen LogP contribution in [0.1, 0.15) is 11.1 Å². The third kappa shape index (κ3) is 2.81. The molecule has 0 amide bonds. The van der Waals surface area contributed by atoms with Gasteiger partial charge in [0, 0.05) is 17.0 Å². The second-order valence-electron chi connectivity index (χ2n) is 3.35. The molecule has 0 unspecified atom stereocenters. The molecule has 0 aliphatic carbocycles. The minimum atomic E-state index is 0.395. The van der Waals surface area contributed by atoms with Crippen LogP contribution in [0.4, 0.5) is 0 Å². The van der Waals surface area contributed by atoms with Gasteiger partial charge in [0.05, 0.1) is 14.2 Å². The molecule has 0 aliphatic rings. The maximum absolute atomic E-state index is 8.24. The number of aryl methyl sites for hydroxylation is 1. The molecule has 0 heterocycles. The van der Waals surface area contributed by atoms with Gasteiger partial charge in [0.1, 0.15) is 11.5 Å². The predicted octanol–water partition coefficient (Wildman–Crippen LogP) is 2.87. The average Bonchev–Trinajstić information content (AvgIpc) is 2.30. The molecule has 0 spiro atoms. The fourth-order valence-corrected chi connectivity index (χ4v) is 1.57. The van der Waals surface area contributed by atoms with Crippen molar-refractivity contribution in [1.82, 2.24) is 0 Å². The van der Waals surface area contributed by atoms with Crippen LogP contribution in [0.5, 0.6) is 11.5 Å². The number of ether oxygens (including phenoxy) is 2. The zero-order chi connectivity index (χ0) is 12.0. The molecule has 0 saturated carbocycles. The number of nitrogens with zero attached hydrogens (tertiary/aromatic N) is 3. The van der Waals surface area contributed by atoms with Crippen molar-refractivity contribution >= 4 is 0 Å². The van der Waals surface area contributed by atoms with Crippen LogP contribution in [0.25, 0.3) is 10.4 Å². The summed E-state index contributed by atoms with van der Waals surface area (Å²) in [5.74, 6) is 1.54. The molecule has 86 valence electrons. The molecule has 5 heteroatoms. The van der Waals surface area contributed by atoms with Gasteiger partial charge in [-0.3, -0.25) is 0 Å². The molecule has 0 fully saturated rings. The number of methoxy groups -OCH3 is 2.